The van der Waals surface area contributed by atoms with E-state index in [1.54, 1.807) is 0 Å². The zero-order chi connectivity index (χ0) is 16.7. The van der Waals surface area contributed by atoms with Gasteiger partial charge in [-0.25, -0.2) is 4.98 Å². The van der Waals surface area contributed by atoms with E-state index in [9.17, 15) is 9.59 Å². The second-order valence-corrected chi connectivity index (χ2v) is 6.40. The molecule has 5 nitrogen and oxygen atoms in total. The molecule has 6 heteroatoms. The van der Waals surface area contributed by atoms with E-state index in [1.807, 2.05) is 35.7 Å². The molecule has 2 amide bonds. The first-order chi connectivity index (χ1) is 11.0. The largest absolute Gasteiger partial charge is 0.355 e. The van der Waals surface area contributed by atoms with E-state index in [4.69, 9.17) is 0 Å². The number of carbonyl (C=O) groups is 2. The highest BCUT2D eigenvalue weighted by Gasteiger charge is 2.09. The molecule has 23 heavy (non-hydrogen) atoms. The average Bonchev–Trinajstić information content (AvgIpc) is 2.97. The van der Waals surface area contributed by atoms with Gasteiger partial charge >= 0.3 is 0 Å². The first-order valence-corrected chi connectivity index (χ1v) is 8.48. The van der Waals surface area contributed by atoms with Crippen LogP contribution in [0.25, 0.3) is 0 Å². The number of nitrogens with zero attached hydrogens (tertiary/aromatic N) is 1. The summed E-state index contributed by atoms with van der Waals surface area (Å²) >= 11 is 1.42. The Morgan fingerprint density at radius 1 is 1.17 bits per heavy atom. The van der Waals surface area contributed by atoms with Crippen LogP contribution >= 0.6 is 11.3 Å². The van der Waals surface area contributed by atoms with Gasteiger partial charge in [-0.2, -0.15) is 0 Å². The van der Waals surface area contributed by atoms with E-state index in [0.29, 0.717) is 24.0 Å². The number of rotatable bonds is 7. The van der Waals surface area contributed by atoms with Crippen LogP contribution in [0.1, 0.15) is 37.4 Å². The number of thiazole rings is 1. The van der Waals surface area contributed by atoms with Crippen molar-refractivity contribution in [2.75, 3.05) is 11.9 Å². The molecule has 0 bridgehead atoms. The van der Waals surface area contributed by atoms with Crippen molar-refractivity contribution in [3.05, 3.63) is 47.0 Å². The molecule has 0 aliphatic heterocycles. The maximum absolute atomic E-state index is 11.8. The highest BCUT2D eigenvalue weighted by atomic mass is 32.1. The molecule has 2 rings (SSSR count). The first-order valence-electron chi connectivity index (χ1n) is 7.60. The topological polar surface area (TPSA) is 71.1 Å². The second-order valence-electron chi connectivity index (χ2n) is 5.54. The van der Waals surface area contributed by atoms with Crippen molar-refractivity contribution in [2.45, 2.75) is 32.6 Å². The fourth-order valence-corrected chi connectivity index (χ4v) is 2.84. The zero-order valence-electron chi connectivity index (χ0n) is 13.3. The van der Waals surface area contributed by atoms with E-state index >= 15 is 0 Å². The summed E-state index contributed by atoms with van der Waals surface area (Å²) < 4.78 is 0. The molecule has 0 unspecified atom stereocenters. The molecule has 0 aliphatic carbocycles. The number of anilines is 1. The van der Waals surface area contributed by atoms with Crippen LogP contribution in [0.2, 0.25) is 0 Å². The third-order valence-corrected chi connectivity index (χ3v) is 4.02. The van der Waals surface area contributed by atoms with E-state index in [-0.39, 0.29) is 18.2 Å². The molecule has 1 aromatic heterocycles. The van der Waals surface area contributed by atoms with Crippen molar-refractivity contribution in [2.24, 2.45) is 0 Å². The minimum absolute atomic E-state index is 0.0830. The molecular formula is C17H21N3O2S. The Kier molecular flexibility index (Phi) is 6.29. The van der Waals surface area contributed by atoms with Crippen LogP contribution < -0.4 is 10.6 Å². The van der Waals surface area contributed by atoms with Crippen LogP contribution in [0.3, 0.4) is 0 Å². The number of hydrogen-bond acceptors (Lipinski definition) is 4. The van der Waals surface area contributed by atoms with Crippen LogP contribution in [0.4, 0.5) is 5.13 Å². The third kappa shape index (κ3) is 5.83. The smallest absolute Gasteiger partial charge is 0.227 e. The molecule has 122 valence electrons. The minimum atomic E-state index is -0.144. The van der Waals surface area contributed by atoms with Gasteiger partial charge in [0.2, 0.25) is 11.8 Å². The van der Waals surface area contributed by atoms with Gasteiger partial charge in [0.05, 0.1) is 12.1 Å². The highest BCUT2D eigenvalue weighted by Crippen LogP contribution is 2.21. The number of hydrogen-bond donors (Lipinski definition) is 2. The van der Waals surface area contributed by atoms with Crippen molar-refractivity contribution in [3.8, 4) is 0 Å². The monoisotopic (exact) mass is 331 g/mol. The normalized spacial score (nSPS) is 10.6. The van der Waals surface area contributed by atoms with Gasteiger partial charge in [-0.15, -0.1) is 11.3 Å². The number of amides is 2. The summed E-state index contributed by atoms with van der Waals surface area (Å²) in [7, 11) is 0. The Balaban J connectivity index is 1.69. The molecule has 0 aliphatic rings. The summed E-state index contributed by atoms with van der Waals surface area (Å²) in [4.78, 5) is 28.0. The standard InChI is InChI=1S/C17H21N3O2S/c1-12(2)14-11-23-17(19-14)20-15(21)8-9-18-16(22)10-13-6-4-3-5-7-13/h3-7,11-12H,8-10H2,1-2H3,(H,18,22)(H,19,20,21). The van der Waals surface area contributed by atoms with E-state index < -0.39 is 0 Å². The maximum atomic E-state index is 11.8. The predicted molar refractivity (Wildman–Crippen MR) is 92.6 cm³/mol. The molecular weight excluding hydrogens is 310 g/mol. The molecule has 0 spiro atoms. The third-order valence-electron chi connectivity index (χ3n) is 3.24. The maximum Gasteiger partial charge on any atom is 0.227 e. The number of nitrogens with one attached hydrogen (secondary N) is 2. The van der Waals surface area contributed by atoms with Crippen LogP contribution in [-0.2, 0) is 16.0 Å². The summed E-state index contributed by atoms with van der Waals surface area (Å²) in [5.41, 5.74) is 1.93. The van der Waals surface area contributed by atoms with Crippen molar-refractivity contribution >= 4 is 28.3 Å². The number of aromatic nitrogens is 1. The van der Waals surface area contributed by atoms with Gasteiger partial charge in [0, 0.05) is 18.3 Å². The Morgan fingerprint density at radius 3 is 2.57 bits per heavy atom. The molecule has 0 atom stereocenters. The fraction of sp³-hybridized carbons (Fsp3) is 0.353. The molecule has 1 heterocycles. The van der Waals surface area contributed by atoms with Crippen molar-refractivity contribution in [3.63, 3.8) is 0 Å². The number of benzene rings is 1. The van der Waals surface area contributed by atoms with Crippen LogP contribution in [-0.4, -0.2) is 23.3 Å². The summed E-state index contributed by atoms with van der Waals surface area (Å²) in [5, 5.41) is 8.06. The van der Waals surface area contributed by atoms with Gasteiger partial charge in [0.15, 0.2) is 5.13 Å². The molecule has 2 N–H and O–H groups in total. The van der Waals surface area contributed by atoms with Crippen LogP contribution in [0, 0.1) is 0 Å². The van der Waals surface area contributed by atoms with Crippen LogP contribution in [0.5, 0.6) is 0 Å². The minimum Gasteiger partial charge on any atom is -0.355 e. The van der Waals surface area contributed by atoms with Gasteiger partial charge in [-0.3, -0.25) is 9.59 Å². The first kappa shape index (κ1) is 17.1. The molecule has 2 aromatic rings. The Hall–Kier alpha value is -2.21. The molecule has 0 radical (unpaired) electrons. The highest BCUT2D eigenvalue weighted by molar-refractivity contribution is 7.13. The van der Waals surface area contributed by atoms with Gasteiger partial charge in [-0.05, 0) is 11.5 Å². The summed E-state index contributed by atoms with van der Waals surface area (Å²) in [6.07, 6.45) is 0.559. The summed E-state index contributed by atoms with van der Waals surface area (Å²) in [6, 6.07) is 9.52. The van der Waals surface area contributed by atoms with Crippen molar-refractivity contribution in [1.82, 2.24) is 10.3 Å². The van der Waals surface area contributed by atoms with Gasteiger partial charge in [0.1, 0.15) is 0 Å². The molecule has 0 saturated carbocycles. The van der Waals surface area contributed by atoms with E-state index in [0.717, 1.165) is 11.3 Å². The Labute approximate surface area is 140 Å². The van der Waals surface area contributed by atoms with E-state index in [2.05, 4.69) is 29.5 Å². The van der Waals surface area contributed by atoms with Crippen molar-refractivity contribution < 1.29 is 9.59 Å². The SMILES string of the molecule is CC(C)c1csc(NC(=O)CCNC(=O)Cc2ccccc2)n1. The molecule has 0 fully saturated rings. The molecule has 0 saturated heterocycles. The lowest BCUT2D eigenvalue weighted by Crippen LogP contribution is -2.28. The van der Waals surface area contributed by atoms with Gasteiger partial charge in [-0.1, -0.05) is 44.2 Å². The van der Waals surface area contributed by atoms with E-state index in [1.165, 1.54) is 11.3 Å². The van der Waals surface area contributed by atoms with Crippen LogP contribution in [0.15, 0.2) is 35.7 Å². The lowest BCUT2D eigenvalue weighted by molar-refractivity contribution is -0.120. The fourth-order valence-electron chi connectivity index (χ4n) is 1.95. The summed E-state index contributed by atoms with van der Waals surface area (Å²) in [5.74, 6) is 0.115. The quantitative estimate of drug-likeness (QED) is 0.819. The average molecular weight is 331 g/mol. The van der Waals surface area contributed by atoms with Crippen molar-refractivity contribution in [1.29, 1.82) is 0 Å². The zero-order valence-corrected chi connectivity index (χ0v) is 14.2. The summed E-state index contributed by atoms with van der Waals surface area (Å²) in [6.45, 7) is 4.44. The number of carbonyl (C=O) groups excluding carboxylic acids is 2. The second kappa shape index (κ2) is 8.43. The lowest BCUT2D eigenvalue weighted by Gasteiger charge is -2.05. The molecule has 1 aromatic carbocycles. The Morgan fingerprint density at radius 2 is 1.91 bits per heavy atom. The Bertz CT molecular complexity index is 653. The lowest BCUT2D eigenvalue weighted by atomic mass is 10.1. The van der Waals surface area contributed by atoms with Gasteiger partial charge < -0.3 is 10.6 Å². The van der Waals surface area contributed by atoms with Gasteiger partial charge in [0.25, 0.3) is 0 Å². The predicted octanol–water partition coefficient (Wildman–Crippen LogP) is 2.95.